The third-order valence-electron chi connectivity index (χ3n) is 4.78. The van der Waals surface area contributed by atoms with E-state index in [0.29, 0.717) is 16.3 Å². The molecule has 0 saturated heterocycles. The first-order valence-corrected chi connectivity index (χ1v) is 10.2. The molecule has 0 radical (unpaired) electrons. The van der Waals surface area contributed by atoms with Gasteiger partial charge in [-0.05, 0) is 67.6 Å². The SMILES string of the molecule is Cc1cc(C)c2nc(-c3cccs3)cc(C(=O)Nc3cccc(Cl)c3C)c2c1. The number of hydrogen-bond acceptors (Lipinski definition) is 3. The Bertz CT molecular complexity index is 1200. The van der Waals surface area contributed by atoms with Gasteiger partial charge >= 0.3 is 0 Å². The lowest BCUT2D eigenvalue weighted by Gasteiger charge is -2.14. The lowest BCUT2D eigenvalue weighted by Crippen LogP contribution is -2.14. The maximum absolute atomic E-state index is 13.3. The maximum atomic E-state index is 13.3. The molecular formula is C23H19ClN2OS. The lowest BCUT2D eigenvalue weighted by atomic mass is 10.0. The van der Waals surface area contributed by atoms with Gasteiger partial charge in [-0.1, -0.05) is 35.4 Å². The van der Waals surface area contributed by atoms with Crippen LogP contribution in [0, 0.1) is 20.8 Å². The number of nitrogens with one attached hydrogen (secondary N) is 1. The Labute approximate surface area is 173 Å². The molecule has 2 heterocycles. The van der Waals surface area contributed by atoms with E-state index in [1.807, 2.05) is 68.6 Å². The Morgan fingerprint density at radius 2 is 1.89 bits per heavy atom. The van der Waals surface area contributed by atoms with Crippen LogP contribution in [0.3, 0.4) is 0 Å². The number of amides is 1. The van der Waals surface area contributed by atoms with Crippen LogP contribution in [0.2, 0.25) is 5.02 Å². The number of halogens is 1. The van der Waals surface area contributed by atoms with Gasteiger partial charge in [0.05, 0.1) is 21.7 Å². The van der Waals surface area contributed by atoms with E-state index in [-0.39, 0.29) is 5.91 Å². The van der Waals surface area contributed by atoms with Gasteiger partial charge in [0.15, 0.2) is 0 Å². The number of anilines is 1. The molecule has 1 N–H and O–H groups in total. The smallest absolute Gasteiger partial charge is 0.256 e. The van der Waals surface area contributed by atoms with Gasteiger partial charge in [0.2, 0.25) is 0 Å². The molecule has 0 fully saturated rings. The highest BCUT2D eigenvalue weighted by molar-refractivity contribution is 7.13. The minimum Gasteiger partial charge on any atom is -0.322 e. The van der Waals surface area contributed by atoms with Gasteiger partial charge in [-0.2, -0.15) is 0 Å². The van der Waals surface area contributed by atoms with Crippen molar-refractivity contribution in [1.82, 2.24) is 4.98 Å². The Balaban J connectivity index is 1.89. The largest absolute Gasteiger partial charge is 0.322 e. The van der Waals surface area contributed by atoms with Crippen LogP contribution in [-0.2, 0) is 0 Å². The zero-order valence-corrected chi connectivity index (χ0v) is 17.4. The van der Waals surface area contributed by atoms with Crippen LogP contribution in [0.15, 0.2) is 53.9 Å². The molecule has 0 spiro atoms. The molecular weight excluding hydrogens is 388 g/mol. The Morgan fingerprint density at radius 3 is 2.64 bits per heavy atom. The molecule has 0 aliphatic rings. The van der Waals surface area contributed by atoms with Crippen molar-refractivity contribution in [2.24, 2.45) is 0 Å². The molecule has 0 aliphatic carbocycles. The van der Waals surface area contributed by atoms with E-state index >= 15 is 0 Å². The van der Waals surface area contributed by atoms with Crippen LogP contribution in [0.4, 0.5) is 5.69 Å². The molecule has 4 rings (SSSR count). The standard InChI is InChI=1S/C23H19ClN2OS/c1-13-10-14(2)22-16(11-13)17(12-20(25-22)21-8-5-9-28-21)23(27)26-19-7-4-6-18(24)15(19)3/h4-12H,1-3H3,(H,26,27). The van der Waals surface area contributed by atoms with Crippen molar-refractivity contribution in [3.8, 4) is 10.6 Å². The van der Waals surface area contributed by atoms with Gasteiger partial charge in [0.25, 0.3) is 5.91 Å². The Morgan fingerprint density at radius 1 is 1.07 bits per heavy atom. The number of hydrogen-bond donors (Lipinski definition) is 1. The van der Waals surface area contributed by atoms with Crippen molar-refractivity contribution in [2.45, 2.75) is 20.8 Å². The fraction of sp³-hybridized carbons (Fsp3) is 0.130. The van der Waals surface area contributed by atoms with Crippen molar-refractivity contribution in [1.29, 1.82) is 0 Å². The van der Waals surface area contributed by atoms with Gasteiger partial charge in [0, 0.05) is 16.1 Å². The summed E-state index contributed by atoms with van der Waals surface area (Å²) >= 11 is 7.82. The summed E-state index contributed by atoms with van der Waals surface area (Å²) in [6.45, 7) is 5.96. The molecule has 5 heteroatoms. The molecule has 3 nitrogen and oxygen atoms in total. The first kappa shape index (κ1) is 18.7. The number of aromatic nitrogens is 1. The van der Waals surface area contributed by atoms with E-state index < -0.39 is 0 Å². The number of nitrogens with zero attached hydrogens (tertiary/aromatic N) is 1. The predicted octanol–water partition coefficient (Wildman–Crippen LogP) is 6.79. The van der Waals surface area contributed by atoms with E-state index in [1.165, 1.54) is 0 Å². The molecule has 2 aromatic carbocycles. The highest BCUT2D eigenvalue weighted by Crippen LogP contribution is 2.31. The number of aryl methyl sites for hydroxylation is 2. The minimum absolute atomic E-state index is 0.166. The summed E-state index contributed by atoms with van der Waals surface area (Å²) in [6, 6.07) is 15.5. The highest BCUT2D eigenvalue weighted by atomic mass is 35.5. The first-order chi connectivity index (χ1) is 13.4. The van der Waals surface area contributed by atoms with Crippen LogP contribution in [0.25, 0.3) is 21.5 Å². The van der Waals surface area contributed by atoms with Crippen LogP contribution in [-0.4, -0.2) is 10.9 Å². The number of fused-ring (bicyclic) bond motifs is 1. The van der Waals surface area contributed by atoms with E-state index in [0.717, 1.165) is 38.2 Å². The van der Waals surface area contributed by atoms with E-state index in [1.54, 1.807) is 11.3 Å². The molecule has 2 aromatic heterocycles. The fourth-order valence-corrected chi connectivity index (χ4v) is 4.21. The second kappa shape index (κ2) is 7.38. The van der Waals surface area contributed by atoms with Crippen molar-refractivity contribution in [2.75, 3.05) is 5.32 Å². The summed E-state index contributed by atoms with van der Waals surface area (Å²) in [5.74, 6) is -0.166. The summed E-state index contributed by atoms with van der Waals surface area (Å²) < 4.78 is 0. The van der Waals surface area contributed by atoms with Crippen LogP contribution in [0.5, 0.6) is 0 Å². The third kappa shape index (κ3) is 3.41. The monoisotopic (exact) mass is 406 g/mol. The average Bonchev–Trinajstić information content (AvgIpc) is 3.19. The number of carbonyl (C=O) groups is 1. The maximum Gasteiger partial charge on any atom is 0.256 e. The van der Waals surface area contributed by atoms with Gasteiger partial charge < -0.3 is 5.32 Å². The van der Waals surface area contributed by atoms with Crippen molar-refractivity contribution in [3.05, 3.63) is 81.2 Å². The van der Waals surface area contributed by atoms with Crippen molar-refractivity contribution in [3.63, 3.8) is 0 Å². The Hall–Kier alpha value is -2.69. The topological polar surface area (TPSA) is 42.0 Å². The second-order valence-corrected chi connectivity index (χ2v) is 8.23. The second-order valence-electron chi connectivity index (χ2n) is 6.88. The highest BCUT2D eigenvalue weighted by Gasteiger charge is 2.17. The number of benzene rings is 2. The number of rotatable bonds is 3. The summed E-state index contributed by atoms with van der Waals surface area (Å²) in [5.41, 5.74) is 5.99. The third-order valence-corrected chi connectivity index (χ3v) is 6.08. The van der Waals surface area contributed by atoms with Crippen LogP contribution in [0.1, 0.15) is 27.0 Å². The van der Waals surface area contributed by atoms with E-state index in [2.05, 4.69) is 11.4 Å². The van der Waals surface area contributed by atoms with Crippen LogP contribution < -0.4 is 5.32 Å². The predicted molar refractivity (Wildman–Crippen MR) is 119 cm³/mol. The number of thiophene rings is 1. The van der Waals surface area contributed by atoms with Gasteiger partial charge in [-0.15, -0.1) is 11.3 Å². The lowest BCUT2D eigenvalue weighted by molar-refractivity contribution is 0.102. The molecule has 0 aliphatic heterocycles. The van der Waals surface area contributed by atoms with E-state index in [9.17, 15) is 4.79 Å². The molecule has 0 unspecified atom stereocenters. The first-order valence-electron chi connectivity index (χ1n) is 8.96. The van der Waals surface area contributed by atoms with Gasteiger partial charge in [-0.25, -0.2) is 4.98 Å². The average molecular weight is 407 g/mol. The van der Waals surface area contributed by atoms with Gasteiger partial charge in [0.1, 0.15) is 0 Å². The number of pyridine rings is 1. The number of carbonyl (C=O) groups excluding carboxylic acids is 1. The normalized spacial score (nSPS) is 11.0. The van der Waals surface area contributed by atoms with Gasteiger partial charge in [-0.3, -0.25) is 4.79 Å². The molecule has 140 valence electrons. The summed E-state index contributed by atoms with van der Waals surface area (Å²) in [7, 11) is 0. The van der Waals surface area contributed by atoms with Crippen molar-refractivity contribution >= 4 is 45.4 Å². The molecule has 0 atom stereocenters. The van der Waals surface area contributed by atoms with Crippen LogP contribution >= 0.6 is 22.9 Å². The quantitative estimate of drug-likeness (QED) is 0.406. The molecule has 1 amide bonds. The molecule has 0 saturated carbocycles. The van der Waals surface area contributed by atoms with E-state index in [4.69, 9.17) is 16.6 Å². The fourth-order valence-electron chi connectivity index (χ4n) is 3.35. The molecule has 4 aromatic rings. The molecule has 28 heavy (non-hydrogen) atoms. The summed E-state index contributed by atoms with van der Waals surface area (Å²) in [5, 5.41) is 6.52. The molecule has 0 bridgehead atoms. The Kier molecular flexibility index (Phi) is 4.92. The van der Waals surface area contributed by atoms with Crippen molar-refractivity contribution < 1.29 is 4.79 Å². The zero-order chi connectivity index (χ0) is 19.8. The summed E-state index contributed by atoms with van der Waals surface area (Å²) in [4.78, 5) is 19.1. The minimum atomic E-state index is -0.166. The zero-order valence-electron chi connectivity index (χ0n) is 15.8. The summed E-state index contributed by atoms with van der Waals surface area (Å²) in [6.07, 6.45) is 0.